The van der Waals surface area contributed by atoms with E-state index in [1.807, 2.05) is 30.3 Å². The zero-order chi connectivity index (χ0) is 19.3. The van der Waals surface area contributed by atoms with Gasteiger partial charge < -0.3 is 25.2 Å². The van der Waals surface area contributed by atoms with Gasteiger partial charge in [0, 0.05) is 19.2 Å². The van der Waals surface area contributed by atoms with Crippen LogP contribution in [0.15, 0.2) is 41.4 Å². The summed E-state index contributed by atoms with van der Waals surface area (Å²) in [5.41, 5.74) is 3.62. The number of hydrogen-bond acceptors (Lipinski definition) is 4. The normalized spacial score (nSPS) is 18.3. The number of aliphatic imine (C=N–C) groups is 1. The first-order chi connectivity index (χ1) is 13.7. The number of ether oxygens (including phenoxy) is 2. The maximum atomic E-state index is 10.3. The molecule has 0 fully saturated rings. The molecular formula is C22H27N3O3. The topological polar surface area (TPSA) is 75.1 Å². The van der Waals surface area contributed by atoms with Gasteiger partial charge in [-0.1, -0.05) is 18.2 Å². The molecule has 3 N–H and O–H groups in total. The van der Waals surface area contributed by atoms with E-state index >= 15 is 0 Å². The van der Waals surface area contributed by atoms with Gasteiger partial charge in [0.2, 0.25) is 0 Å². The minimum Gasteiger partial charge on any atom is -0.508 e. The molecule has 0 spiro atoms. The van der Waals surface area contributed by atoms with E-state index in [-0.39, 0.29) is 6.10 Å². The molecule has 4 rings (SSSR count). The van der Waals surface area contributed by atoms with E-state index in [2.05, 4.69) is 21.7 Å². The number of fused-ring (bicyclic) bond motifs is 2. The van der Waals surface area contributed by atoms with E-state index in [9.17, 15) is 5.11 Å². The number of nitrogens with one attached hydrogen (secondary N) is 2. The molecule has 0 aromatic heterocycles. The molecule has 2 aromatic carbocycles. The third-order valence-electron chi connectivity index (χ3n) is 5.35. The van der Waals surface area contributed by atoms with Gasteiger partial charge in [-0.3, -0.25) is 4.99 Å². The largest absolute Gasteiger partial charge is 0.508 e. The second kappa shape index (κ2) is 8.42. The monoisotopic (exact) mass is 381 g/mol. The third kappa shape index (κ3) is 4.01. The average molecular weight is 381 g/mol. The van der Waals surface area contributed by atoms with Crippen LogP contribution in [0.3, 0.4) is 0 Å². The smallest absolute Gasteiger partial charge is 0.191 e. The maximum absolute atomic E-state index is 10.3. The van der Waals surface area contributed by atoms with Gasteiger partial charge in [-0.05, 0) is 55.0 Å². The predicted octanol–water partition coefficient (Wildman–Crippen LogP) is 2.78. The van der Waals surface area contributed by atoms with Gasteiger partial charge in [0.05, 0.1) is 6.54 Å². The van der Waals surface area contributed by atoms with E-state index in [1.54, 1.807) is 7.05 Å². The SMILES string of the molecule is CN=C(NCc1c(O)ccc2c1CCCC2)NCC1COc2ccccc2O1. The van der Waals surface area contributed by atoms with Crippen molar-refractivity contribution >= 4 is 5.96 Å². The Bertz CT molecular complexity index is 866. The van der Waals surface area contributed by atoms with Crippen molar-refractivity contribution in [2.45, 2.75) is 38.3 Å². The minimum atomic E-state index is -0.0914. The Morgan fingerprint density at radius 3 is 2.79 bits per heavy atom. The summed E-state index contributed by atoms with van der Waals surface area (Å²) in [7, 11) is 1.74. The fourth-order valence-electron chi connectivity index (χ4n) is 3.86. The third-order valence-corrected chi connectivity index (χ3v) is 5.35. The highest BCUT2D eigenvalue weighted by Crippen LogP contribution is 2.31. The van der Waals surface area contributed by atoms with Crippen molar-refractivity contribution in [3.8, 4) is 17.2 Å². The number of aryl methyl sites for hydroxylation is 1. The molecule has 6 heteroatoms. The molecule has 2 aromatic rings. The molecule has 2 aliphatic rings. The lowest BCUT2D eigenvalue weighted by molar-refractivity contribution is 0.0936. The molecule has 1 unspecified atom stereocenters. The van der Waals surface area contributed by atoms with Crippen LogP contribution in [0.5, 0.6) is 17.2 Å². The van der Waals surface area contributed by atoms with Crippen LogP contribution < -0.4 is 20.1 Å². The summed E-state index contributed by atoms with van der Waals surface area (Å²) in [6.45, 7) is 1.61. The van der Waals surface area contributed by atoms with Crippen LogP contribution in [0, 0.1) is 0 Å². The molecular weight excluding hydrogens is 354 g/mol. The zero-order valence-corrected chi connectivity index (χ0v) is 16.2. The molecule has 0 saturated carbocycles. The van der Waals surface area contributed by atoms with Crippen LogP contribution in [0.2, 0.25) is 0 Å². The maximum Gasteiger partial charge on any atom is 0.191 e. The van der Waals surface area contributed by atoms with Gasteiger partial charge in [0.1, 0.15) is 18.5 Å². The summed E-state index contributed by atoms with van der Waals surface area (Å²) < 4.78 is 11.7. The second-order valence-corrected chi connectivity index (χ2v) is 7.21. The first kappa shape index (κ1) is 18.5. The van der Waals surface area contributed by atoms with Crippen molar-refractivity contribution < 1.29 is 14.6 Å². The molecule has 1 aliphatic carbocycles. The molecule has 0 bridgehead atoms. The average Bonchev–Trinajstić information content (AvgIpc) is 2.75. The van der Waals surface area contributed by atoms with Gasteiger partial charge in [-0.25, -0.2) is 0 Å². The van der Waals surface area contributed by atoms with E-state index < -0.39 is 0 Å². The van der Waals surface area contributed by atoms with Crippen LogP contribution in [0.4, 0.5) is 0 Å². The fourth-order valence-corrected chi connectivity index (χ4v) is 3.86. The van der Waals surface area contributed by atoms with E-state index in [0.717, 1.165) is 29.9 Å². The van der Waals surface area contributed by atoms with Gasteiger partial charge in [-0.15, -0.1) is 0 Å². The molecule has 0 radical (unpaired) electrons. The van der Waals surface area contributed by atoms with Gasteiger partial charge in [-0.2, -0.15) is 0 Å². The molecule has 28 heavy (non-hydrogen) atoms. The van der Waals surface area contributed by atoms with Crippen LogP contribution in [0.1, 0.15) is 29.5 Å². The first-order valence-corrected chi connectivity index (χ1v) is 9.90. The van der Waals surface area contributed by atoms with Crippen molar-refractivity contribution in [1.82, 2.24) is 10.6 Å². The number of phenols is 1. The number of guanidine groups is 1. The Balaban J connectivity index is 1.34. The number of hydrogen-bond donors (Lipinski definition) is 3. The van der Waals surface area contributed by atoms with E-state index in [0.29, 0.717) is 31.4 Å². The van der Waals surface area contributed by atoms with Crippen molar-refractivity contribution in [2.24, 2.45) is 4.99 Å². The highest BCUT2D eigenvalue weighted by atomic mass is 16.6. The summed E-state index contributed by atoms with van der Waals surface area (Å²) in [5.74, 6) is 2.58. The molecule has 1 heterocycles. The number of benzene rings is 2. The van der Waals surface area contributed by atoms with Crippen LogP contribution in [-0.4, -0.2) is 37.4 Å². The van der Waals surface area contributed by atoms with Crippen molar-refractivity contribution in [3.05, 3.63) is 53.1 Å². The minimum absolute atomic E-state index is 0.0914. The summed E-state index contributed by atoms with van der Waals surface area (Å²) in [5, 5.41) is 17.0. The summed E-state index contributed by atoms with van der Waals surface area (Å²) in [6, 6.07) is 11.6. The quantitative estimate of drug-likeness (QED) is 0.561. The molecule has 0 amide bonds. The van der Waals surface area contributed by atoms with Crippen molar-refractivity contribution in [1.29, 1.82) is 0 Å². The number of rotatable bonds is 4. The highest BCUT2D eigenvalue weighted by molar-refractivity contribution is 5.79. The Labute approximate surface area is 165 Å². The van der Waals surface area contributed by atoms with Crippen LogP contribution in [0.25, 0.3) is 0 Å². The number of nitrogens with zero attached hydrogens (tertiary/aromatic N) is 1. The summed E-state index contributed by atoms with van der Waals surface area (Å²) in [6.07, 6.45) is 4.43. The summed E-state index contributed by atoms with van der Waals surface area (Å²) in [4.78, 5) is 4.29. The lowest BCUT2D eigenvalue weighted by Gasteiger charge is -2.27. The van der Waals surface area contributed by atoms with E-state index in [4.69, 9.17) is 9.47 Å². The summed E-state index contributed by atoms with van der Waals surface area (Å²) >= 11 is 0. The molecule has 6 nitrogen and oxygen atoms in total. The molecule has 148 valence electrons. The lowest BCUT2D eigenvalue weighted by Crippen LogP contribution is -2.45. The molecule has 0 saturated heterocycles. The van der Waals surface area contributed by atoms with E-state index in [1.165, 1.54) is 24.0 Å². The Morgan fingerprint density at radius 1 is 1.11 bits per heavy atom. The zero-order valence-electron chi connectivity index (χ0n) is 16.2. The Morgan fingerprint density at radius 2 is 1.93 bits per heavy atom. The van der Waals surface area contributed by atoms with Gasteiger partial charge in [0.25, 0.3) is 0 Å². The van der Waals surface area contributed by atoms with Crippen LogP contribution >= 0.6 is 0 Å². The Hall–Kier alpha value is -2.89. The van der Waals surface area contributed by atoms with Crippen molar-refractivity contribution in [2.75, 3.05) is 20.2 Å². The molecule has 1 atom stereocenters. The molecule has 1 aliphatic heterocycles. The second-order valence-electron chi connectivity index (χ2n) is 7.21. The fraction of sp³-hybridized carbons (Fsp3) is 0.409. The first-order valence-electron chi connectivity index (χ1n) is 9.90. The van der Waals surface area contributed by atoms with Gasteiger partial charge >= 0.3 is 0 Å². The highest BCUT2D eigenvalue weighted by Gasteiger charge is 2.21. The predicted molar refractivity (Wildman–Crippen MR) is 109 cm³/mol. The Kier molecular flexibility index (Phi) is 5.55. The lowest BCUT2D eigenvalue weighted by atomic mass is 9.88. The van der Waals surface area contributed by atoms with Crippen molar-refractivity contribution in [3.63, 3.8) is 0 Å². The number of para-hydroxylation sites is 2. The number of aromatic hydroxyl groups is 1. The van der Waals surface area contributed by atoms with Gasteiger partial charge in [0.15, 0.2) is 17.5 Å². The number of phenolic OH excluding ortho intramolecular Hbond substituents is 1. The van der Waals surface area contributed by atoms with Crippen LogP contribution in [-0.2, 0) is 19.4 Å². The standard InChI is InChI=1S/C22H27N3O3/c1-23-22(24-12-16-14-27-20-8-4-5-9-21(20)28-16)25-13-18-17-7-3-2-6-15(17)10-11-19(18)26/h4-5,8-11,16,26H,2-3,6-7,12-14H2,1H3,(H2,23,24,25).